The third kappa shape index (κ3) is 4.46. The van der Waals surface area contributed by atoms with Crippen LogP contribution in [-0.2, 0) is 11.2 Å². The van der Waals surface area contributed by atoms with Crippen LogP contribution < -0.4 is 4.74 Å². The third-order valence-corrected chi connectivity index (χ3v) is 4.16. The van der Waals surface area contributed by atoms with Gasteiger partial charge < -0.3 is 4.74 Å². The average Bonchev–Trinajstić information content (AvgIpc) is 2.51. The van der Waals surface area contributed by atoms with Crippen LogP contribution in [0.15, 0.2) is 36.5 Å². The minimum absolute atomic E-state index is 0.0566. The maximum Gasteiger partial charge on any atom is 0.137 e. The van der Waals surface area contributed by atoms with E-state index in [0.717, 1.165) is 11.3 Å². The number of pyridine rings is 1. The Morgan fingerprint density at radius 2 is 2.00 bits per heavy atom. The predicted molar refractivity (Wildman–Crippen MR) is 89.0 cm³/mol. The molecule has 0 aliphatic carbocycles. The first kappa shape index (κ1) is 16.8. The summed E-state index contributed by atoms with van der Waals surface area (Å²) < 4.78 is 5.08. The summed E-state index contributed by atoms with van der Waals surface area (Å²) in [5.41, 5.74) is 1.75. The molecule has 1 atom stereocenters. The topological polar surface area (TPSA) is 39.2 Å². The Morgan fingerprint density at radius 1 is 1.23 bits per heavy atom. The van der Waals surface area contributed by atoms with Crippen LogP contribution in [0.25, 0.3) is 0 Å². The fourth-order valence-electron chi connectivity index (χ4n) is 2.20. The first-order valence-corrected chi connectivity index (χ1v) is 7.70. The lowest BCUT2D eigenvalue weighted by molar-refractivity contribution is -0.118. The summed E-state index contributed by atoms with van der Waals surface area (Å²) in [7, 11) is 1.60. The van der Waals surface area contributed by atoms with Crippen LogP contribution in [0.4, 0.5) is 0 Å². The lowest BCUT2D eigenvalue weighted by Gasteiger charge is -2.11. The minimum atomic E-state index is 0.0566. The third-order valence-electron chi connectivity index (χ3n) is 3.42. The highest BCUT2D eigenvalue weighted by molar-refractivity contribution is 6.42. The van der Waals surface area contributed by atoms with Gasteiger partial charge >= 0.3 is 0 Å². The fourth-order valence-corrected chi connectivity index (χ4v) is 2.52. The quantitative estimate of drug-likeness (QED) is 0.766. The Morgan fingerprint density at radius 3 is 2.59 bits per heavy atom. The van der Waals surface area contributed by atoms with Crippen LogP contribution in [0.3, 0.4) is 0 Å². The van der Waals surface area contributed by atoms with Crippen molar-refractivity contribution in [3.05, 3.63) is 57.8 Å². The highest BCUT2D eigenvalue weighted by Crippen LogP contribution is 2.24. The van der Waals surface area contributed by atoms with Gasteiger partial charge in [-0.2, -0.15) is 0 Å². The molecule has 0 radical (unpaired) electrons. The van der Waals surface area contributed by atoms with Crippen LogP contribution in [-0.4, -0.2) is 17.9 Å². The predicted octanol–water partition coefficient (Wildman–Crippen LogP) is 4.70. The molecule has 0 amide bonds. The smallest absolute Gasteiger partial charge is 0.137 e. The highest BCUT2D eigenvalue weighted by atomic mass is 35.5. The van der Waals surface area contributed by atoms with Crippen molar-refractivity contribution in [1.82, 2.24) is 4.98 Å². The Balaban J connectivity index is 1.96. The van der Waals surface area contributed by atoms with Crippen LogP contribution in [0.5, 0.6) is 5.75 Å². The number of benzene rings is 1. The van der Waals surface area contributed by atoms with Crippen molar-refractivity contribution in [3.8, 4) is 5.75 Å². The van der Waals surface area contributed by atoms with Gasteiger partial charge in [-0.15, -0.1) is 0 Å². The molecule has 0 spiro atoms. The molecule has 1 aromatic heterocycles. The molecule has 116 valence electrons. The van der Waals surface area contributed by atoms with Gasteiger partial charge in [0, 0.05) is 24.5 Å². The van der Waals surface area contributed by atoms with Crippen LogP contribution in [0.1, 0.15) is 30.5 Å². The van der Waals surface area contributed by atoms with Crippen molar-refractivity contribution >= 4 is 29.0 Å². The molecule has 2 rings (SSSR count). The van der Waals surface area contributed by atoms with Gasteiger partial charge in [-0.3, -0.25) is 9.78 Å². The SMILES string of the molecule is COc1ccc([C@@H](C)CC(=O)Cc2ccc(Cl)c(Cl)c2)nc1. The molecule has 2 aromatic rings. The maximum absolute atomic E-state index is 12.2. The number of halogens is 2. The summed E-state index contributed by atoms with van der Waals surface area (Å²) in [6.45, 7) is 1.99. The van der Waals surface area contributed by atoms with Crippen LogP contribution in [0.2, 0.25) is 10.0 Å². The summed E-state index contributed by atoms with van der Waals surface area (Å²) in [4.78, 5) is 16.5. The summed E-state index contributed by atoms with van der Waals surface area (Å²) in [5, 5.41) is 0.963. The second-order valence-corrected chi connectivity index (χ2v) is 6.01. The minimum Gasteiger partial charge on any atom is -0.495 e. The largest absolute Gasteiger partial charge is 0.495 e. The summed E-state index contributed by atoms with van der Waals surface area (Å²) in [5.74, 6) is 0.905. The van der Waals surface area contributed by atoms with E-state index in [9.17, 15) is 4.79 Å². The van der Waals surface area contributed by atoms with E-state index in [1.54, 1.807) is 25.4 Å². The van der Waals surface area contributed by atoms with Gasteiger partial charge in [-0.05, 0) is 29.8 Å². The number of ketones is 1. The van der Waals surface area contributed by atoms with Crippen molar-refractivity contribution in [1.29, 1.82) is 0 Å². The van der Waals surface area contributed by atoms with E-state index >= 15 is 0 Å². The maximum atomic E-state index is 12.2. The molecule has 0 aliphatic rings. The molecular weight excluding hydrogens is 321 g/mol. The Labute approximate surface area is 140 Å². The molecule has 0 saturated heterocycles. The van der Waals surface area contributed by atoms with E-state index in [-0.39, 0.29) is 11.7 Å². The number of aromatic nitrogens is 1. The molecule has 1 aromatic carbocycles. The van der Waals surface area contributed by atoms with Crippen molar-refractivity contribution < 1.29 is 9.53 Å². The number of methoxy groups -OCH3 is 1. The van der Waals surface area contributed by atoms with Gasteiger partial charge in [0.05, 0.1) is 23.4 Å². The van der Waals surface area contributed by atoms with E-state index in [2.05, 4.69) is 4.98 Å². The van der Waals surface area contributed by atoms with E-state index in [0.29, 0.717) is 28.6 Å². The van der Waals surface area contributed by atoms with Crippen LogP contribution >= 0.6 is 23.2 Å². The second kappa shape index (κ2) is 7.61. The molecule has 1 heterocycles. The molecule has 0 saturated carbocycles. The van der Waals surface area contributed by atoms with Gasteiger partial charge in [0.15, 0.2) is 0 Å². The second-order valence-electron chi connectivity index (χ2n) is 5.19. The standard InChI is InChI=1S/C17H17Cl2NO2/c1-11(17-6-4-14(22-2)10-20-17)7-13(21)8-12-3-5-15(18)16(19)9-12/h3-6,9-11H,7-8H2,1-2H3/t11-/m0/s1. The Bertz CT molecular complexity index is 656. The zero-order valence-electron chi connectivity index (χ0n) is 12.5. The Kier molecular flexibility index (Phi) is 5.81. The summed E-state index contributed by atoms with van der Waals surface area (Å²) >= 11 is 11.8. The number of hydrogen-bond donors (Lipinski definition) is 0. The zero-order valence-corrected chi connectivity index (χ0v) is 14.0. The molecule has 0 bridgehead atoms. The van der Waals surface area contributed by atoms with Crippen molar-refractivity contribution in [2.24, 2.45) is 0 Å². The zero-order chi connectivity index (χ0) is 16.1. The van der Waals surface area contributed by atoms with Gasteiger partial charge in [-0.1, -0.05) is 36.2 Å². The Hall–Kier alpha value is -1.58. The molecule has 0 fully saturated rings. The molecule has 5 heteroatoms. The monoisotopic (exact) mass is 337 g/mol. The average molecular weight is 338 g/mol. The molecule has 0 N–H and O–H groups in total. The number of nitrogens with zero attached hydrogens (tertiary/aromatic N) is 1. The van der Waals surface area contributed by atoms with Gasteiger partial charge in [0.1, 0.15) is 11.5 Å². The van der Waals surface area contributed by atoms with Crippen molar-refractivity contribution in [2.45, 2.75) is 25.7 Å². The highest BCUT2D eigenvalue weighted by Gasteiger charge is 2.13. The van der Waals surface area contributed by atoms with E-state index in [1.807, 2.05) is 25.1 Å². The number of carbonyl (C=O) groups is 1. The van der Waals surface area contributed by atoms with Gasteiger partial charge in [0.25, 0.3) is 0 Å². The van der Waals surface area contributed by atoms with E-state index in [1.165, 1.54) is 0 Å². The van der Waals surface area contributed by atoms with Crippen LogP contribution in [0, 0.1) is 0 Å². The molecule has 22 heavy (non-hydrogen) atoms. The number of carbonyl (C=O) groups excluding carboxylic acids is 1. The van der Waals surface area contributed by atoms with Gasteiger partial charge in [0.2, 0.25) is 0 Å². The first-order chi connectivity index (χ1) is 10.5. The van der Waals surface area contributed by atoms with Gasteiger partial charge in [-0.25, -0.2) is 0 Å². The normalized spacial score (nSPS) is 12.0. The van der Waals surface area contributed by atoms with Crippen molar-refractivity contribution in [3.63, 3.8) is 0 Å². The molecule has 0 unspecified atom stereocenters. The first-order valence-electron chi connectivity index (χ1n) is 6.95. The summed E-state index contributed by atoms with van der Waals surface area (Å²) in [6.07, 6.45) is 2.44. The van der Waals surface area contributed by atoms with E-state index < -0.39 is 0 Å². The number of rotatable bonds is 6. The number of Topliss-reactive ketones (excluding diaryl/α,β-unsaturated/α-hetero) is 1. The molecular formula is C17H17Cl2NO2. The van der Waals surface area contributed by atoms with Crippen molar-refractivity contribution in [2.75, 3.05) is 7.11 Å². The lowest BCUT2D eigenvalue weighted by atomic mass is 9.97. The van der Waals surface area contributed by atoms with E-state index in [4.69, 9.17) is 27.9 Å². The molecule has 3 nitrogen and oxygen atoms in total. The lowest BCUT2D eigenvalue weighted by Crippen LogP contribution is -2.08. The number of ether oxygens (including phenoxy) is 1. The summed E-state index contributed by atoms with van der Waals surface area (Å²) in [6, 6.07) is 9.00. The number of hydrogen-bond acceptors (Lipinski definition) is 3. The fraction of sp³-hybridized carbons (Fsp3) is 0.294. The molecule has 0 aliphatic heterocycles.